The molecule has 0 bridgehead atoms. The SMILES string of the molecule is CC/C(=C/F)COc1cccc(S(=O)(=O)N(C)C)c1.CC/C(=C\F)COc1ccc(C(=O)N(C)C)cc1.CC/C(=C\F)COc1ccc(S(=O)(=O)N(C)C)cc1.CC/C(=C\F)COc1ccc(S(N)(=O)=O)cc1.CCC/C(=C\F)COc1ccc(C(=O)CC(C)(C)C)cc1. The minimum absolute atomic E-state index is 0.0154. The first kappa shape index (κ1) is 84.3. The number of rotatable bonds is 29. The van der Waals surface area contributed by atoms with E-state index in [2.05, 4.69) is 0 Å². The number of hydrogen-bond acceptors (Lipinski definition) is 13. The lowest BCUT2D eigenvalue weighted by molar-refractivity contribution is 0.0827. The molecule has 0 radical (unpaired) electrons. The van der Waals surface area contributed by atoms with E-state index in [1.165, 1.54) is 81.6 Å². The van der Waals surface area contributed by atoms with Gasteiger partial charge in [-0.05, 0) is 175 Å². The number of primary sulfonamides is 1. The molecule has 0 saturated carbocycles. The first-order chi connectivity index (χ1) is 44.2. The standard InChI is InChI=1S/C18H25FO2.C14H18FNO2.2C13H18FNO3S.C11H14FNO3S/c1-5-6-14(12-19)13-21-16-9-7-15(8-10-16)17(20)11-18(2,3)4;1-4-11(9-15)10-18-13-7-5-12(6-8-13)14(17)16(2)3;1-4-11(9-14)10-18-12-5-7-13(8-6-12)19(16,17)15(2)3;1-4-11(9-14)10-18-12-6-5-7-13(8-12)19(16,17)15(2)3;1-2-9(7-12)8-16-10-3-5-11(6-4-10)17(13,14)15/h7-10,12H,5-6,11,13H2,1-4H3;5-9H,4,10H2,1-3H3;2*5-9H,4,10H2,1-3H3;3-7H,2,8H2,1H3,(H2,13,14,15)/b14-12+;2*11-9+;11-9-;9-7+. The van der Waals surface area contributed by atoms with Gasteiger partial charge in [-0.2, -0.15) is 0 Å². The molecule has 5 aromatic rings. The Balaban J connectivity index is 0.000000588. The normalized spacial score (nSPS) is 12.3. The van der Waals surface area contributed by atoms with Gasteiger partial charge in [-0.15, -0.1) is 0 Å². The molecule has 94 heavy (non-hydrogen) atoms. The quantitative estimate of drug-likeness (QED) is 0.0348. The van der Waals surface area contributed by atoms with E-state index in [1.54, 1.807) is 86.9 Å². The summed E-state index contributed by atoms with van der Waals surface area (Å²) in [6.45, 7) is 16.4. The number of Topliss-reactive ketones (excluding diaryl/α,β-unsaturated/α-hetero) is 1. The number of nitrogens with zero attached hydrogens (tertiary/aromatic N) is 3. The van der Waals surface area contributed by atoms with E-state index in [1.807, 2.05) is 55.4 Å². The predicted octanol–water partition coefficient (Wildman–Crippen LogP) is 15.5. The van der Waals surface area contributed by atoms with Crippen LogP contribution in [0.1, 0.15) is 121 Å². The van der Waals surface area contributed by atoms with Crippen molar-refractivity contribution in [1.82, 2.24) is 13.5 Å². The number of nitrogens with two attached hydrogens (primary N) is 1. The number of carbonyl (C=O) groups is 2. The summed E-state index contributed by atoms with van der Waals surface area (Å²) in [4.78, 5) is 25.6. The van der Waals surface area contributed by atoms with Gasteiger partial charge >= 0.3 is 0 Å². The summed E-state index contributed by atoms with van der Waals surface area (Å²) in [6, 6.07) is 31.7. The van der Waals surface area contributed by atoms with E-state index in [-0.39, 0.29) is 64.8 Å². The van der Waals surface area contributed by atoms with Gasteiger partial charge in [0, 0.05) is 65.9 Å². The zero-order valence-corrected chi connectivity index (χ0v) is 58.7. The second-order valence-electron chi connectivity index (χ2n) is 22.4. The molecular weight excluding hydrogens is 1280 g/mol. The Labute approximate surface area is 554 Å². The maximum absolute atomic E-state index is 12.6. The van der Waals surface area contributed by atoms with Gasteiger partial charge in [-0.25, -0.2) is 61.0 Å². The highest BCUT2D eigenvalue weighted by Gasteiger charge is 2.20. The number of amides is 1. The maximum atomic E-state index is 12.6. The van der Waals surface area contributed by atoms with Crippen molar-refractivity contribution in [1.29, 1.82) is 0 Å². The van der Waals surface area contributed by atoms with Gasteiger partial charge in [0.05, 0.1) is 46.3 Å². The fraction of sp³-hybridized carbons (Fsp3) is 0.391. The van der Waals surface area contributed by atoms with Crippen molar-refractivity contribution in [2.75, 3.05) is 75.3 Å². The smallest absolute Gasteiger partial charge is 0.253 e. The van der Waals surface area contributed by atoms with Crippen LogP contribution < -0.4 is 28.8 Å². The monoisotopic (exact) mass is 1380 g/mol. The second kappa shape index (κ2) is 43.3. The van der Waals surface area contributed by atoms with E-state index >= 15 is 0 Å². The molecule has 5 aromatic carbocycles. The van der Waals surface area contributed by atoms with Crippen molar-refractivity contribution in [2.24, 2.45) is 10.6 Å². The molecule has 1 amide bonds. The molecule has 0 unspecified atom stereocenters. The van der Waals surface area contributed by atoms with E-state index < -0.39 is 30.1 Å². The van der Waals surface area contributed by atoms with Crippen molar-refractivity contribution in [3.05, 3.63) is 192 Å². The molecule has 17 nitrogen and oxygen atoms in total. The number of hydrogen-bond donors (Lipinski definition) is 1. The average Bonchev–Trinajstić information content (AvgIpc) is 0.867. The molecule has 0 atom stereocenters. The highest BCUT2D eigenvalue weighted by Crippen LogP contribution is 2.25. The highest BCUT2D eigenvalue weighted by molar-refractivity contribution is 7.89. The van der Waals surface area contributed by atoms with Gasteiger partial charge in [0.25, 0.3) is 5.91 Å². The zero-order valence-electron chi connectivity index (χ0n) is 56.3. The van der Waals surface area contributed by atoms with Crippen LogP contribution in [-0.2, 0) is 30.1 Å². The van der Waals surface area contributed by atoms with E-state index in [9.17, 15) is 56.8 Å². The number of carbonyl (C=O) groups excluding carboxylic acids is 2. The van der Waals surface area contributed by atoms with Crippen molar-refractivity contribution in [2.45, 2.75) is 115 Å². The predicted molar refractivity (Wildman–Crippen MR) is 361 cm³/mol. The molecule has 0 saturated heterocycles. The van der Waals surface area contributed by atoms with E-state index in [0.717, 1.165) is 15.0 Å². The number of halogens is 5. The van der Waals surface area contributed by atoms with Crippen LogP contribution in [0.15, 0.2) is 196 Å². The van der Waals surface area contributed by atoms with Crippen molar-refractivity contribution >= 4 is 41.8 Å². The molecular formula is C69H93F5N4O13S3. The third-order valence-electron chi connectivity index (χ3n) is 13.0. The molecule has 0 aliphatic heterocycles. The molecule has 2 N–H and O–H groups in total. The highest BCUT2D eigenvalue weighted by atomic mass is 32.2. The Bertz CT molecular complexity index is 3590. The first-order valence-electron chi connectivity index (χ1n) is 29.9. The third kappa shape index (κ3) is 32.0. The van der Waals surface area contributed by atoms with Gasteiger partial charge in [0.15, 0.2) is 5.78 Å². The summed E-state index contributed by atoms with van der Waals surface area (Å²) >= 11 is 0. The van der Waals surface area contributed by atoms with Crippen LogP contribution in [-0.4, -0.2) is 126 Å². The Morgan fingerprint density at radius 2 is 0.755 bits per heavy atom. The number of ketones is 1. The largest absolute Gasteiger partial charge is 0.489 e. The van der Waals surface area contributed by atoms with Crippen LogP contribution in [0.3, 0.4) is 0 Å². The van der Waals surface area contributed by atoms with Crippen LogP contribution in [0.5, 0.6) is 28.7 Å². The lowest BCUT2D eigenvalue weighted by Gasteiger charge is -2.16. The minimum Gasteiger partial charge on any atom is -0.489 e. The summed E-state index contributed by atoms with van der Waals surface area (Å²) in [5.41, 5.74) is 4.10. The summed E-state index contributed by atoms with van der Waals surface area (Å²) in [5.74, 6) is 2.71. The number of sulfonamides is 3. The van der Waals surface area contributed by atoms with Gasteiger partial charge in [-0.1, -0.05) is 67.9 Å². The molecule has 520 valence electrons. The Morgan fingerprint density at radius 3 is 1.06 bits per heavy atom. The Morgan fingerprint density at radius 1 is 0.436 bits per heavy atom. The van der Waals surface area contributed by atoms with E-state index in [0.29, 0.717) is 138 Å². The van der Waals surface area contributed by atoms with Crippen LogP contribution in [0.4, 0.5) is 22.0 Å². The van der Waals surface area contributed by atoms with Crippen molar-refractivity contribution in [3.8, 4) is 28.7 Å². The molecule has 0 spiro atoms. The zero-order chi connectivity index (χ0) is 71.2. The lowest BCUT2D eigenvalue weighted by atomic mass is 9.88. The molecule has 0 heterocycles. The second-order valence-corrected chi connectivity index (χ2v) is 28.3. The maximum Gasteiger partial charge on any atom is 0.253 e. The number of ether oxygens (including phenoxy) is 5. The molecule has 25 heteroatoms. The van der Waals surface area contributed by atoms with Crippen molar-refractivity contribution < 1.29 is 80.5 Å². The lowest BCUT2D eigenvalue weighted by Crippen LogP contribution is -2.22. The number of benzene rings is 5. The molecule has 5 rings (SSSR count). The summed E-state index contributed by atoms with van der Waals surface area (Å²) in [5, 5.41) is 4.94. The first-order valence-corrected chi connectivity index (χ1v) is 34.3. The van der Waals surface area contributed by atoms with Crippen LogP contribution in [0.2, 0.25) is 0 Å². The third-order valence-corrected chi connectivity index (χ3v) is 17.6. The minimum atomic E-state index is -3.69. The van der Waals surface area contributed by atoms with Crippen molar-refractivity contribution in [3.63, 3.8) is 0 Å². The van der Waals surface area contributed by atoms with Gasteiger partial charge < -0.3 is 28.6 Å². The van der Waals surface area contributed by atoms with Gasteiger partial charge in [0.1, 0.15) is 61.8 Å². The Hall–Kier alpha value is -7.68. The fourth-order valence-corrected chi connectivity index (χ4v) is 9.41. The van der Waals surface area contributed by atoms with Gasteiger partial charge in [-0.3, -0.25) is 9.59 Å². The summed E-state index contributed by atoms with van der Waals surface area (Å²) in [6.07, 6.45) is 7.14. The fourth-order valence-electron chi connectivity index (χ4n) is 7.05. The topological polar surface area (TPSA) is 218 Å². The Kier molecular flexibility index (Phi) is 38.9. The molecule has 0 fully saturated rings. The van der Waals surface area contributed by atoms with Crippen LogP contribution in [0.25, 0.3) is 0 Å². The van der Waals surface area contributed by atoms with Gasteiger partial charge in [0.2, 0.25) is 30.1 Å². The average molecular weight is 1380 g/mol. The van der Waals surface area contributed by atoms with Crippen LogP contribution >= 0.6 is 0 Å². The molecule has 0 aliphatic carbocycles. The molecule has 0 aliphatic rings. The van der Waals surface area contributed by atoms with E-state index in [4.69, 9.17) is 28.8 Å². The van der Waals surface area contributed by atoms with Crippen LogP contribution in [0, 0.1) is 5.41 Å². The molecule has 0 aromatic heterocycles. The summed E-state index contributed by atoms with van der Waals surface area (Å²) < 4.78 is 161. The summed E-state index contributed by atoms with van der Waals surface area (Å²) in [7, 11) is -1.33.